The maximum atomic E-state index is 14.1. The number of amides is 1. The van der Waals surface area contributed by atoms with Gasteiger partial charge < -0.3 is 9.80 Å². The van der Waals surface area contributed by atoms with Gasteiger partial charge in [0.25, 0.3) is 11.6 Å². The fraction of sp³-hybridized carbons (Fsp3) is 0.500. The maximum absolute atomic E-state index is 14.1. The minimum absolute atomic E-state index is 0.106. The van der Waals surface area contributed by atoms with E-state index in [0.717, 1.165) is 12.1 Å². The summed E-state index contributed by atoms with van der Waals surface area (Å²) in [6, 6.07) is 2.33. The standard InChI is InChI=1S/C14H18FN3O3/c1-9-6-11(18(20)21)7-12(13(9)15)14(19)17-5-4-16(3)10(2)8-17/h6-7,10H,4-5,8H2,1-3H3. The third-order valence-electron chi connectivity index (χ3n) is 3.93. The van der Waals surface area contributed by atoms with Gasteiger partial charge in [0.2, 0.25) is 0 Å². The van der Waals surface area contributed by atoms with Crippen LogP contribution in [0.4, 0.5) is 10.1 Å². The molecule has 6 nitrogen and oxygen atoms in total. The highest BCUT2D eigenvalue weighted by atomic mass is 19.1. The zero-order valence-corrected chi connectivity index (χ0v) is 12.3. The van der Waals surface area contributed by atoms with E-state index in [4.69, 9.17) is 0 Å². The maximum Gasteiger partial charge on any atom is 0.270 e. The van der Waals surface area contributed by atoms with Crippen molar-refractivity contribution in [3.8, 4) is 0 Å². The van der Waals surface area contributed by atoms with Crippen LogP contribution in [0.3, 0.4) is 0 Å². The van der Waals surface area contributed by atoms with Crippen LogP contribution in [0.25, 0.3) is 0 Å². The Hall–Kier alpha value is -2.02. The number of nitro benzene ring substituents is 1. The van der Waals surface area contributed by atoms with Gasteiger partial charge >= 0.3 is 0 Å². The van der Waals surface area contributed by atoms with E-state index < -0.39 is 16.6 Å². The number of nitrogens with zero attached hydrogens (tertiary/aromatic N) is 3. The Morgan fingerprint density at radius 2 is 2.10 bits per heavy atom. The van der Waals surface area contributed by atoms with Gasteiger partial charge in [-0.1, -0.05) is 0 Å². The van der Waals surface area contributed by atoms with Crippen LogP contribution in [0.1, 0.15) is 22.8 Å². The minimum atomic E-state index is -0.683. The molecule has 1 aromatic carbocycles. The number of benzene rings is 1. The van der Waals surface area contributed by atoms with Crippen LogP contribution < -0.4 is 0 Å². The molecule has 1 atom stereocenters. The van der Waals surface area contributed by atoms with Gasteiger partial charge in [-0.15, -0.1) is 0 Å². The first-order valence-electron chi connectivity index (χ1n) is 6.75. The van der Waals surface area contributed by atoms with Crippen molar-refractivity contribution >= 4 is 11.6 Å². The molecule has 0 N–H and O–H groups in total. The fourth-order valence-electron chi connectivity index (χ4n) is 2.41. The van der Waals surface area contributed by atoms with E-state index >= 15 is 0 Å². The predicted molar refractivity (Wildman–Crippen MR) is 75.8 cm³/mol. The van der Waals surface area contributed by atoms with E-state index in [1.165, 1.54) is 6.92 Å². The molecule has 1 amide bonds. The highest BCUT2D eigenvalue weighted by molar-refractivity contribution is 5.95. The Balaban J connectivity index is 2.33. The Morgan fingerprint density at radius 3 is 2.67 bits per heavy atom. The van der Waals surface area contributed by atoms with E-state index in [9.17, 15) is 19.3 Å². The van der Waals surface area contributed by atoms with Gasteiger partial charge in [0, 0.05) is 37.8 Å². The lowest BCUT2D eigenvalue weighted by molar-refractivity contribution is -0.385. The second-order valence-corrected chi connectivity index (χ2v) is 5.46. The molecule has 1 aliphatic rings. The summed E-state index contributed by atoms with van der Waals surface area (Å²) in [6.45, 7) is 5.07. The van der Waals surface area contributed by atoms with Gasteiger partial charge in [-0.25, -0.2) is 4.39 Å². The van der Waals surface area contributed by atoms with Crippen LogP contribution in [-0.4, -0.2) is 53.4 Å². The van der Waals surface area contributed by atoms with Crippen LogP contribution in [0.2, 0.25) is 0 Å². The normalized spacial score (nSPS) is 19.6. The molecule has 1 aromatic rings. The molecular weight excluding hydrogens is 277 g/mol. The first-order chi connectivity index (χ1) is 9.81. The molecule has 0 aliphatic carbocycles. The molecule has 1 fully saturated rings. The van der Waals surface area contributed by atoms with Gasteiger partial charge in [-0.05, 0) is 26.5 Å². The molecule has 2 rings (SSSR count). The van der Waals surface area contributed by atoms with Crippen molar-refractivity contribution in [3.63, 3.8) is 0 Å². The summed E-state index contributed by atoms with van der Waals surface area (Å²) >= 11 is 0. The summed E-state index contributed by atoms with van der Waals surface area (Å²) in [5.74, 6) is -1.17. The summed E-state index contributed by atoms with van der Waals surface area (Å²) in [6.07, 6.45) is 0. The number of nitro groups is 1. The quantitative estimate of drug-likeness (QED) is 0.616. The second kappa shape index (κ2) is 5.77. The first-order valence-corrected chi connectivity index (χ1v) is 6.75. The molecule has 0 spiro atoms. The molecule has 0 aromatic heterocycles. The molecule has 1 unspecified atom stereocenters. The number of hydrogen-bond acceptors (Lipinski definition) is 4. The van der Waals surface area contributed by atoms with Crippen LogP contribution in [0.5, 0.6) is 0 Å². The zero-order valence-electron chi connectivity index (χ0n) is 12.3. The van der Waals surface area contributed by atoms with E-state index in [1.54, 1.807) is 4.90 Å². The third kappa shape index (κ3) is 3.02. The monoisotopic (exact) mass is 295 g/mol. The summed E-state index contributed by atoms with van der Waals surface area (Å²) in [5, 5.41) is 10.9. The van der Waals surface area contributed by atoms with Gasteiger partial charge in [0.1, 0.15) is 5.82 Å². The smallest absolute Gasteiger partial charge is 0.270 e. The van der Waals surface area contributed by atoms with Crippen LogP contribution >= 0.6 is 0 Å². The molecule has 0 bridgehead atoms. The van der Waals surface area contributed by atoms with Crippen LogP contribution in [0.15, 0.2) is 12.1 Å². The lowest BCUT2D eigenvalue weighted by Crippen LogP contribution is -2.52. The summed E-state index contributed by atoms with van der Waals surface area (Å²) in [4.78, 5) is 26.3. The minimum Gasteiger partial charge on any atom is -0.336 e. The highest BCUT2D eigenvalue weighted by Crippen LogP contribution is 2.23. The summed E-state index contributed by atoms with van der Waals surface area (Å²) in [7, 11) is 1.96. The summed E-state index contributed by atoms with van der Waals surface area (Å²) in [5.41, 5.74) is -0.382. The molecule has 1 aliphatic heterocycles. The highest BCUT2D eigenvalue weighted by Gasteiger charge is 2.28. The van der Waals surface area contributed by atoms with Gasteiger partial charge in [0.15, 0.2) is 0 Å². The largest absolute Gasteiger partial charge is 0.336 e. The number of piperazine rings is 1. The molecule has 0 saturated carbocycles. The average molecular weight is 295 g/mol. The predicted octanol–water partition coefficient (Wildman–Crippen LogP) is 1.82. The van der Waals surface area contributed by atoms with Crippen molar-refractivity contribution in [1.29, 1.82) is 0 Å². The van der Waals surface area contributed by atoms with Crippen molar-refractivity contribution in [2.24, 2.45) is 0 Å². The lowest BCUT2D eigenvalue weighted by atomic mass is 10.1. The van der Waals surface area contributed by atoms with Crippen molar-refractivity contribution in [3.05, 3.63) is 39.2 Å². The lowest BCUT2D eigenvalue weighted by Gasteiger charge is -2.37. The molecule has 1 saturated heterocycles. The van der Waals surface area contributed by atoms with Crippen molar-refractivity contribution in [2.75, 3.05) is 26.7 Å². The van der Waals surface area contributed by atoms with Crippen LogP contribution in [-0.2, 0) is 0 Å². The van der Waals surface area contributed by atoms with Gasteiger partial charge in [0.05, 0.1) is 10.5 Å². The number of rotatable bonds is 2. The Kier molecular flexibility index (Phi) is 4.22. The van der Waals surface area contributed by atoms with Gasteiger partial charge in [-0.3, -0.25) is 14.9 Å². The number of carbonyl (C=O) groups is 1. The summed E-state index contributed by atoms with van der Waals surface area (Å²) < 4.78 is 14.1. The van der Waals surface area contributed by atoms with Crippen molar-refractivity contribution < 1.29 is 14.1 Å². The molecule has 114 valence electrons. The number of halogens is 1. The SMILES string of the molecule is Cc1cc([N+](=O)[O-])cc(C(=O)N2CCN(C)C(C)C2)c1F. The van der Waals surface area contributed by atoms with Crippen LogP contribution in [0, 0.1) is 22.9 Å². The van der Waals surface area contributed by atoms with E-state index in [2.05, 4.69) is 4.90 Å². The molecule has 1 heterocycles. The Labute approximate surface area is 122 Å². The molecule has 0 radical (unpaired) electrons. The Morgan fingerprint density at radius 1 is 1.43 bits per heavy atom. The molecular formula is C14H18FN3O3. The number of aryl methyl sites for hydroxylation is 1. The van der Waals surface area contributed by atoms with E-state index in [1.807, 2.05) is 14.0 Å². The first kappa shape index (κ1) is 15.4. The Bertz CT molecular complexity index is 591. The van der Waals surface area contributed by atoms with Crippen molar-refractivity contribution in [1.82, 2.24) is 9.80 Å². The number of non-ortho nitro benzene ring substituents is 1. The van der Waals surface area contributed by atoms with Crippen molar-refractivity contribution in [2.45, 2.75) is 19.9 Å². The van der Waals surface area contributed by atoms with Gasteiger partial charge in [-0.2, -0.15) is 0 Å². The molecule has 7 heteroatoms. The van der Waals surface area contributed by atoms with E-state index in [0.29, 0.717) is 19.6 Å². The third-order valence-corrected chi connectivity index (χ3v) is 3.93. The zero-order chi connectivity index (χ0) is 15.7. The second-order valence-electron chi connectivity index (χ2n) is 5.46. The van der Waals surface area contributed by atoms with E-state index in [-0.39, 0.29) is 22.9 Å². The molecule has 21 heavy (non-hydrogen) atoms. The average Bonchev–Trinajstić information content (AvgIpc) is 2.43. The number of carbonyl (C=O) groups excluding carboxylic acids is 1. The fourth-order valence-corrected chi connectivity index (χ4v) is 2.41. The number of likely N-dealkylation sites (N-methyl/N-ethyl adjacent to an activating group) is 1. The number of hydrogen-bond donors (Lipinski definition) is 0. The topological polar surface area (TPSA) is 66.7 Å².